The van der Waals surface area contributed by atoms with Crippen LogP contribution < -0.4 is 5.69 Å². The zero-order valence-electron chi connectivity index (χ0n) is 22.9. The molecule has 0 saturated carbocycles. The SMILES string of the molecule is CCCc1cn(-c2c(C(=O)O)cccc2C(C)(C)C)c(=O)n1Cc1ccc(-c2ccncc2-c2nn[nH]n2)cc1. The molecule has 0 atom stereocenters. The van der Waals surface area contributed by atoms with E-state index in [4.69, 9.17) is 0 Å². The van der Waals surface area contributed by atoms with Crippen LogP contribution in [0, 0.1) is 0 Å². The summed E-state index contributed by atoms with van der Waals surface area (Å²) in [5.41, 5.74) is 5.12. The minimum atomic E-state index is -1.07. The first kappa shape index (κ1) is 26.7. The summed E-state index contributed by atoms with van der Waals surface area (Å²) in [5.74, 6) is -0.606. The Balaban J connectivity index is 1.55. The topological polar surface area (TPSA) is 132 Å². The van der Waals surface area contributed by atoms with Crippen molar-refractivity contribution in [2.75, 3.05) is 0 Å². The number of tetrazole rings is 1. The normalized spacial score (nSPS) is 11.6. The highest BCUT2D eigenvalue weighted by molar-refractivity contribution is 5.93. The lowest BCUT2D eigenvalue weighted by Gasteiger charge is -2.24. The Kier molecular flexibility index (Phi) is 7.17. The van der Waals surface area contributed by atoms with Gasteiger partial charge in [-0.15, -0.1) is 10.2 Å². The van der Waals surface area contributed by atoms with Gasteiger partial charge in [0.25, 0.3) is 0 Å². The number of aromatic carboxylic acids is 1. The van der Waals surface area contributed by atoms with E-state index in [-0.39, 0.29) is 16.7 Å². The number of nitrogens with one attached hydrogen (secondary N) is 1. The lowest BCUT2D eigenvalue weighted by atomic mass is 9.84. The maximum atomic E-state index is 13.9. The predicted molar refractivity (Wildman–Crippen MR) is 152 cm³/mol. The van der Waals surface area contributed by atoms with Crippen molar-refractivity contribution < 1.29 is 9.90 Å². The van der Waals surface area contributed by atoms with E-state index in [2.05, 4.69) is 32.5 Å². The van der Waals surface area contributed by atoms with Crippen LogP contribution in [0.2, 0.25) is 0 Å². The molecule has 2 aromatic carbocycles. The van der Waals surface area contributed by atoms with E-state index in [1.165, 1.54) is 4.57 Å². The lowest BCUT2D eigenvalue weighted by molar-refractivity contribution is 0.0696. The fourth-order valence-electron chi connectivity index (χ4n) is 4.97. The highest BCUT2D eigenvalue weighted by Gasteiger charge is 2.26. The van der Waals surface area contributed by atoms with Crippen molar-refractivity contribution in [1.82, 2.24) is 34.7 Å². The molecule has 0 aliphatic carbocycles. The average molecular weight is 538 g/mol. The maximum Gasteiger partial charge on any atom is 0.337 e. The first-order valence-corrected chi connectivity index (χ1v) is 13.1. The van der Waals surface area contributed by atoms with Crippen LogP contribution in [0.1, 0.15) is 61.3 Å². The van der Waals surface area contributed by atoms with Gasteiger partial charge in [0.05, 0.1) is 17.8 Å². The maximum absolute atomic E-state index is 13.9. The van der Waals surface area contributed by atoms with Crippen LogP contribution in [0.15, 0.2) is 71.9 Å². The molecule has 5 rings (SSSR count). The van der Waals surface area contributed by atoms with Crippen LogP contribution in [0.5, 0.6) is 0 Å². The Morgan fingerprint density at radius 2 is 1.82 bits per heavy atom. The molecule has 0 aliphatic heterocycles. The summed E-state index contributed by atoms with van der Waals surface area (Å²) < 4.78 is 3.25. The number of nitrogens with zero attached hydrogens (tertiary/aromatic N) is 6. The van der Waals surface area contributed by atoms with Crippen molar-refractivity contribution in [3.05, 3.63) is 100.0 Å². The van der Waals surface area contributed by atoms with Crippen LogP contribution in [-0.2, 0) is 18.4 Å². The number of aromatic amines is 1. The van der Waals surface area contributed by atoms with Gasteiger partial charge in [0.1, 0.15) is 0 Å². The molecular weight excluding hydrogens is 506 g/mol. The number of carbonyl (C=O) groups is 1. The fraction of sp³-hybridized carbons (Fsp3) is 0.267. The number of aromatic nitrogens is 7. The standard InChI is InChI=1S/C30H31N7O3/c1-5-7-21-18-37(26-23(28(38)39)8-6-9-25(26)30(2,3)4)29(40)36(21)17-19-10-12-20(13-11-19)22-14-15-31-16-24(22)27-32-34-35-33-27/h6,8-16,18H,5,7,17H2,1-4H3,(H,38,39)(H,32,33,34,35). The van der Waals surface area contributed by atoms with Gasteiger partial charge >= 0.3 is 11.7 Å². The van der Waals surface area contributed by atoms with Crippen LogP contribution >= 0.6 is 0 Å². The van der Waals surface area contributed by atoms with Crippen molar-refractivity contribution >= 4 is 5.97 Å². The van der Waals surface area contributed by atoms with Gasteiger partial charge < -0.3 is 5.11 Å². The molecule has 0 radical (unpaired) electrons. The fourth-order valence-corrected chi connectivity index (χ4v) is 4.97. The second kappa shape index (κ2) is 10.7. The zero-order chi connectivity index (χ0) is 28.4. The Morgan fingerprint density at radius 1 is 1.05 bits per heavy atom. The third-order valence-electron chi connectivity index (χ3n) is 6.90. The average Bonchev–Trinajstić information content (AvgIpc) is 3.58. The number of rotatable bonds is 8. The third-order valence-corrected chi connectivity index (χ3v) is 6.90. The molecule has 0 fully saturated rings. The van der Waals surface area contributed by atoms with Crippen LogP contribution in [-0.4, -0.2) is 45.8 Å². The molecule has 10 nitrogen and oxygen atoms in total. The number of hydrogen-bond donors (Lipinski definition) is 2. The van der Waals surface area contributed by atoms with Crippen molar-refractivity contribution in [3.63, 3.8) is 0 Å². The molecule has 3 aromatic heterocycles. The monoisotopic (exact) mass is 537 g/mol. The summed E-state index contributed by atoms with van der Waals surface area (Å²) >= 11 is 0. The van der Waals surface area contributed by atoms with E-state index in [1.807, 2.05) is 57.2 Å². The largest absolute Gasteiger partial charge is 0.478 e. The van der Waals surface area contributed by atoms with E-state index in [9.17, 15) is 14.7 Å². The number of pyridine rings is 1. The number of H-pyrrole nitrogens is 1. The molecule has 0 unspecified atom stereocenters. The summed E-state index contributed by atoms with van der Waals surface area (Å²) in [7, 11) is 0. The number of benzene rings is 2. The molecule has 2 N–H and O–H groups in total. The van der Waals surface area contributed by atoms with Gasteiger partial charge in [0.15, 0.2) is 0 Å². The number of para-hydroxylation sites is 1. The highest BCUT2D eigenvalue weighted by atomic mass is 16.4. The van der Waals surface area contributed by atoms with Crippen molar-refractivity contribution in [1.29, 1.82) is 0 Å². The molecular formula is C30H31N7O3. The van der Waals surface area contributed by atoms with Gasteiger partial charge in [-0.05, 0) is 51.4 Å². The predicted octanol–water partition coefficient (Wildman–Crippen LogP) is 4.88. The van der Waals surface area contributed by atoms with E-state index in [0.29, 0.717) is 24.5 Å². The summed E-state index contributed by atoms with van der Waals surface area (Å²) in [6, 6.07) is 15.0. The minimum Gasteiger partial charge on any atom is -0.478 e. The highest BCUT2D eigenvalue weighted by Crippen LogP contribution is 2.32. The second-order valence-electron chi connectivity index (χ2n) is 10.7. The minimum absolute atomic E-state index is 0.105. The van der Waals surface area contributed by atoms with E-state index < -0.39 is 5.97 Å². The van der Waals surface area contributed by atoms with Gasteiger partial charge in [-0.1, -0.05) is 70.5 Å². The Labute approximate surface area is 231 Å². The molecule has 0 aliphatic rings. The molecule has 0 spiro atoms. The molecule has 0 bridgehead atoms. The Bertz CT molecular complexity index is 1710. The van der Waals surface area contributed by atoms with Crippen LogP contribution in [0.4, 0.5) is 0 Å². The lowest BCUT2D eigenvalue weighted by Crippen LogP contribution is -2.28. The quantitative estimate of drug-likeness (QED) is 0.288. The van der Waals surface area contributed by atoms with E-state index in [1.54, 1.807) is 35.3 Å². The molecule has 0 saturated heterocycles. The third kappa shape index (κ3) is 5.07. The second-order valence-corrected chi connectivity index (χ2v) is 10.7. The molecule has 10 heteroatoms. The van der Waals surface area contributed by atoms with Crippen molar-refractivity contribution in [3.8, 4) is 28.2 Å². The van der Waals surface area contributed by atoms with Crippen molar-refractivity contribution in [2.24, 2.45) is 0 Å². The summed E-state index contributed by atoms with van der Waals surface area (Å²) in [4.78, 5) is 30.3. The summed E-state index contributed by atoms with van der Waals surface area (Å²) in [6.07, 6.45) is 6.74. The van der Waals surface area contributed by atoms with Crippen LogP contribution in [0.3, 0.4) is 0 Å². The van der Waals surface area contributed by atoms with E-state index >= 15 is 0 Å². The summed E-state index contributed by atoms with van der Waals surface area (Å²) in [6.45, 7) is 8.46. The van der Waals surface area contributed by atoms with Crippen LogP contribution in [0.25, 0.3) is 28.2 Å². The number of imidazole rings is 1. The van der Waals surface area contributed by atoms with Gasteiger partial charge in [-0.3, -0.25) is 14.1 Å². The number of aryl methyl sites for hydroxylation is 1. The smallest absolute Gasteiger partial charge is 0.337 e. The van der Waals surface area contributed by atoms with Crippen molar-refractivity contribution in [2.45, 2.75) is 52.5 Å². The van der Waals surface area contributed by atoms with Gasteiger partial charge in [-0.2, -0.15) is 5.21 Å². The first-order chi connectivity index (χ1) is 19.2. The zero-order valence-corrected chi connectivity index (χ0v) is 22.9. The van der Waals surface area contributed by atoms with Gasteiger partial charge in [-0.25, -0.2) is 9.59 Å². The van der Waals surface area contributed by atoms with Gasteiger partial charge in [0.2, 0.25) is 5.82 Å². The molecule has 0 amide bonds. The molecule has 3 heterocycles. The molecule has 204 valence electrons. The number of hydrogen-bond acceptors (Lipinski definition) is 6. The number of carboxylic acids is 1. The summed E-state index contributed by atoms with van der Waals surface area (Å²) in [5, 5.41) is 24.3. The Morgan fingerprint density at radius 3 is 2.48 bits per heavy atom. The van der Waals surface area contributed by atoms with Gasteiger partial charge in [0, 0.05) is 29.8 Å². The molecule has 5 aromatic rings. The first-order valence-electron chi connectivity index (χ1n) is 13.1. The number of carboxylic acid groups (broad SMARTS) is 1. The Hall–Kier alpha value is -4.86. The molecule has 40 heavy (non-hydrogen) atoms. The van der Waals surface area contributed by atoms with E-state index in [0.717, 1.165) is 39.9 Å².